The number of pyridine rings is 1. The summed E-state index contributed by atoms with van der Waals surface area (Å²) in [5, 5.41) is 0. The van der Waals surface area contributed by atoms with Gasteiger partial charge in [-0.15, -0.1) is 0 Å². The SMILES string of the molecule is CC1(C)OB(c2cccnc2N2CCC(F)(F)CC2)OC1(C)C. The van der Waals surface area contributed by atoms with Gasteiger partial charge < -0.3 is 14.2 Å². The second kappa shape index (κ2) is 5.41. The van der Waals surface area contributed by atoms with E-state index in [-0.39, 0.29) is 25.9 Å². The molecule has 23 heavy (non-hydrogen) atoms. The van der Waals surface area contributed by atoms with Gasteiger partial charge in [0.25, 0.3) is 5.92 Å². The summed E-state index contributed by atoms with van der Waals surface area (Å²) in [6, 6.07) is 3.72. The van der Waals surface area contributed by atoms with Gasteiger partial charge in [-0.25, -0.2) is 13.8 Å². The molecule has 2 saturated heterocycles. The molecule has 1 aromatic heterocycles. The van der Waals surface area contributed by atoms with E-state index >= 15 is 0 Å². The first kappa shape index (κ1) is 16.6. The van der Waals surface area contributed by atoms with Gasteiger partial charge in [0.2, 0.25) is 0 Å². The molecule has 0 amide bonds. The van der Waals surface area contributed by atoms with Crippen molar-refractivity contribution in [1.29, 1.82) is 0 Å². The van der Waals surface area contributed by atoms with Crippen LogP contribution in [0.5, 0.6) is 0 Å². The standard InChI is InChI=1S/C16H23BF2N2O2/c1-14(2)15(3,4)23-17(22-14)12-6-5-9-20-13(12)21-10-7-16(18,19)8-11-21/h5-6,9H,7-8,10-11H2,1-4H3. The number of anilines is 1. The van der Waals surface area contributed by atoms with Crippen LogP contribution in [0, 0.1) is 0 Å². The highest BCUT2D eigenvalue weighted by atomic mass is 19.3. The number of hydrogen-bond donors (Lipinski definition) is 0. The molecule has 2 aliphatic rings. The first-order valence-corrected chi connectivity index (χ1v) is 8.05. The van der Waals surface area contributed by atoms with Crippen molar-refractivity contribution >= 4 is 18.4 Å². The van der Waals surface area contributed by atoms with E-state index < -0.39 is 24.2 Å². The molecule has 0 aromatic carbocycles. The van der Waals surface area contributed by atoms with Gasteiger partial charge in [-0.1, -0.05) is 6.07 Å². The fraction of sp³-hybridized carbons (Fsp3) is 0.688. The van der Waals surface area contributed by atoms with Crippen molar-refractivity contribution in [2.45, 2.75) is 57.7 Å². The maximum absolute atomic E-state index is 13.4. The van der Waals surface area contributed by atoms with Crippen molar-refractivity contribution in [2.24, 2.45) is 0 Å². The molecule has 3 heterocycles. The van der Waals surface area contributed by atoms with Crippen LogP contribution in [-0.4, -0.2) is 42.3 Å². The van der Waals surface area contributed by atoms with Crippen LogP contribution in [-0.2, 0) is 9.31 Å². The van der Waals surface area contributed by atoms with Crippen LogP contribution >= 0.6 is 0 Å². The van der Waals surface area contributed by atoms with Crippen molar-refractivity contribution in [3.8, 4) is 0 Å². The molecule has 0 radical (unpaired) electrons. The highest BCUT2D eigenvalue weighted by Crippen LogP contribution is 2.37. The van der Waals surface area contributed by atoms with E-state index in [1.54, 1.807) is 6.20 Å². The van der Waals surface area contributed by atoms with Crippen LogP contribution < -0.4 is 10.4 Å². The maximum Gasteiger partial charge on any atom is 0.498 e. The predicted molar refractivity (Wildman–Crippen MR) is 86.3 cm³/mol. The molecule has 0 saturated carbocycles. The van der Waals surface area contributed by atoms with Crippen LogP contribution in [0.2, 0.25) is 0 Å². The minimum atomic E-state index is -2.57. The van der Waals surface area contributed by atoms with Gasteiger partial charge in [0.05, 0.1) is 11.2 Å². The lowest BCUT2D eigenvalue weighted by Gasteiger charge is -2.33. The Labute approximate surface area is 136 Å². The number of rotatable bonds is 2. The molecular formula is C16H23BF2N2O2. The number of alkyl halides is 2. The number of hydrogen-bond acceptors (Lipinski definition) is 4. The third-order valence-electron chi connectivity index (χ3n) is 5.12. The molecule has 0 bridgehead atoms. The monoisotopic (exact) mass is 324 g/mol. The van der Waals surface area contributed by atoms with Crippen molar-refractivity contribution in [2.75, 3.05) is 18.0 Å². The molecule has 2 aliphatic heterocycles. The first-order valence-electron chi connectivity index (χ1n) is 8.05. The number of nitrogens with zero attached hydrogens (tertiary/aromatic N) is 2. The summed E-state index contributed by atoms with van der Waals surface area (Å²) in [6.45, 7) is 8.54. The summed E-state index contributed by atoms with van der Waals surface area (Å²) in [7, 11) is -0.536. The summed E-state index contributed by atoms with van der Waals surface area (Å²) in [5.74, 6) is -1.89. The first-order chi connectivity index (χ1) is 10.6. The highest BCUT2D eigenvalue weighted by Gasteiger charge is 2.52. The lowest BCUT2D eigenvalue weighted by Crippen LogP contribution is -2.45. The van der Waals surface area contributed by atoms with Crippen molar-refractivity contribution < 1.29 is 18.1 Å². The molecule has 4 nitrogen and oxygen atoms in total. The number of piperidine rings is 1. The molecule has 0 spiro atoms. The van der Waals surface area contributed by atoms with Gasteiger partial charge in [0.15, 0.2) is 0 Å². The van der Waals surface area contributed by atoms with Gasteiger partial charge in [0, 0.05) is 37.6 Å². The van der Waals surface area contributed by atoms with Crippen molar-refractivity contribution in [3.05, 3.63) is 18.3 Å². The van der Waals surface area contributed by atoms with Crippen LogP contribution in [0.25, 0.3) is 0 Å². The van der Waals surface area contributed by atoms with Crippen LogP contribution in [0.4, 0.5) is 14.6 Å². The van der Waals surface area contributed by atoms with Crippen molar-refractivity contribution in [1.82, 2.24) is 4.98 Å². The van der Waals surface area contributed by atoms with E-state index in [4.69, 9.17) is 9.31 Å². The lowest BCUT2D eigenvalue weighted by atomic mass is 9.79. The summed E-state index contributed by atoms with van der Waals surface area (Å²) < 4.78 is 39.0. The summed E-state index contributed by atoms with van der Waals surface area (Å²) in [5.41, 5.74) is -0.0873. The Morgan fingerprint density at radius 3 is 2.22 bits per heavy atom. The zero-order valence-electron chi connectivity index (χ0n) is 14.1. The Kier molecular flexibility index (Phi) is 3.92. The van der Waals surface area contributed by atoms with E-state index in [1.165, 1.54) is 0 Å². The van der Waals surface area contributed by atoms with Gasteiger partial charge >= 0.3 is 7.12 Å². The van der Waals surface area contributed by atoms with Crippen LogP contribution in [0.15, 0.2) is 18.3 Å². The molecule has 3 rings (SSSR count). The maximum atomic E-state index is 13.4. The number of aromatic nitrogens is 1. The molecule has 126 valence electrons. The minimum Gasteiger partial charge on any atom is -0.399 e. The molecule has 0 unspecified atom stereocenters. The molecule has 7 heteroatoms. The summed E-state index contributed by atoms with van der Waals surface area (Å²) >= 11 is 0. The Hall–Kier alpha value is -1.21. The molecular weight excluding hydrogens is 301 g/mol. The second-order valence-corrected chi connectivity index (χ2v) is 7.35. The van der Waals surface area contributed by atoms with Crippen LogP contribution in [0.3, 0.4) is 0 Å². The number of halogens is 2. The average molecular weight is 324 g/mol. The van der Waals surface area contributed by atoms with Gasteiger partial charge in [-0.3, -0.25) is 0 Å². The molecule has 0 N–H and O–H groups in total. The molecule has 2 fully saturated rings. The quantitative estimate of drug-likeness (QED) is 0.784. The Morgan fingerprint density at radius 1 is 1.09 bits per heavy atom. The van der Waals surface area contributed by atoms with E-state index in [2.05, 4.69) is 4.98 Å². The van der Waals surface area contributed by atoms with Gasteiger partial charge in [0.1, 0.15) is 5.82 Å². The molecule has 0 atom stereocenters. The lowest BCUT2D eigenvalue weighted by molar-refractivity contribution is -0.0221. The third-order valence-corrected chi connectivity index (χ3v) is 5.12. The Balaban J connectivity index is 1.85. The topological polar surface area (TPSA) is 34.6 Å². The largest absolute Gasteiger partial charge is 0.498 e. The summed E-state index contributed by atoms with van der Waals surface area (Å²) in [4.78, 5) is 6.31. The van der Waals surface area contributed by atoms with E-state index in [0.29, 0.717) is 5.82 Å². The van der Waals surface area contributed by atoms with Gasteiger partial charge in [-0.05, 0) is 33.8 Å². The van der Waals surface area contributed by atoms with Crippen molar-refractivity contribution in [3.63, 3.8) is 0 Å². The third kappa shape index (κ3) is 3.09. The smallest absolute Gasteiger partial charge is 0.399 e. The summed E-state index contributed by atoms with van der Waals surface area (Å²) in [6.07, 6.45) is 1.38. The van der Waals surface area contributed by atoms with Crippen LogP contribution in [0.1, 0.15) is 40.5 Å². The normalized spacial score (nSPS) is 25.7. The second-order valence-electron chi connectivity index (χ2n) is 7.35. The Morgan fingerprint density at radius 2 is 1.65 bits per heavy atom. The average Bonchev–Trinajstić information content (AvgIpc) is 2.67. The van der Waals surface area contributed by atoms with E-state index in [1.807, 2.05) is 44.7 Å². The highest BCUT2D eigenvalue weighted by molar-refractivity contribution is 6.63. The Bertz CT molecular complexity index is 569. The van der Waals surface area contributed by atoms with E-state index in [9.17, 15) is 8.78 Å². The predicted octanol–water partition coefficient (Wildman–Crippen LogP) is 2.62. The zero-order chi connectivity index (χ0) is 16.9. The molecule has 0 aliphatic carbocycles. The molecule has 1 aromatic rings. The minimum absolute atomic E-state index is 0.146. The fourth-order valence-electron chi connectivity index (χ4n) is 2.87. The van der Waals surface area contributed by atoms with Gasteiger partial charge in [-0.2, -0.15) is 0 Å². The zero-order valence-corrected chi connectivity index (χ0v) is 14.1. The fourth-order valence-corrected chi connectivity index (χ4v) is 2.87. The van der Waals surface area contributed by atoms with E-state index in [0.717, 1.165) is 5.46 Å².